The van der Waals surface area contributed by atoms with Gasteiger partial charge >= 0.3 is 0 Å². The zero-order valence-electron chi connectivity index (χ0n) is 9.87. The third-order valence-electron chi connectivity index (χ3n) is 2.83. The average molecular weight is 256 g/mol. The van der Waals surface area contributed by atoms with Crippen LogP contribution in [0.25, 0.3) is 10.9 Å². The third-order valence-corrected chi connectivity index (χ3v) is 3.84. The molecule has 3 rings (SSSR count). The molecule has 1 N–H and O–H groups in total. The van der Waals surface area contributed by atoms with E-state index < -0.39 is 6.10 Å². The molecular formula is C14H12N2OS. The van der Waals surface area contributed by atoms with Gasteiger partial charge in [0.25, 0.3) is 0 Å². The lowest BCUT2D eigenvalue weighted by molar-refractivity contribution is 0.221. The second kappa shape index (κ2) is 4.48. The first kappa shape index (κ1) is 11.3. The predicted molar refractivity (Wildman–Crippen MR) is 72.7 cm³/mol. The molecule has 0 aliphatic rings. The van der Waals surface area contributed by atoms with Crippen LogP contribution in [0.3, 0.4) is 0 Å². The summed E-state index contributed by atoms with van der Waals surface area (Å²) in [7, 11) is 0. The van der Waals surface area contributed by atoms with E-state index >= 15 is 0 Å². The molecule has 1 unspecified atom stereocenters. The molecule has 0 aliphatic carbocycles. The minimum absolute atomic E-state index is 0.706. The number of para-hydroxylation sites is 1. The molecule has 0 radical (unpaired) electrons. The molecule has 1 atom stereocenters. The minimum atomic E-state index is -0.706. The lowest BCUT2D eigenvalue weighted by Crippen LogP contribution is -2.01. The number of aliphatic hydroxyl groups is 1. The highest BCUT2D eigenvalue weighted by atomic mass is 32.1. The van der Waals surface area contributed by atoms with E-state index in [0.29, 0.717) is 5.01 Å². The number of benzene rings is 1. The lowest BCUT2D eigenvalue weighted by Gasteiger charge is -2.10. The van der Waals surface area contributed by atoms with Crippen LogP contribution in [0.4, 0.5) is 0 Å². The zero-order chi connectivity index (χ0) is 12.5. The van der Waals surface area contributed by atoms with E-state index in [-0.39, 0.29) is 0 Å². The van der Waals surface area contributed by atoms with Crippen molar-refractivity contribution >= 4 is 22.2 Å². The molecule has 0 aliphatic heterocycles. The Hall–Kier alpha value is -1.78. The fourth-order valence-corrected chi connectivity index (χ4v) is 2.78. The molecular weight excluding hydrogens is 244 g/mol. The van der Waals surface area contributed by atoms with Gasteiger partial charge in [-0.3, -0.25) is 4.98 Å². The van der Waals surface area contributed by atoms with Crippen LogP contribution in [0.1, 0.15) is 22.4 Å². The van der Waals surface area contributed by atoms with Crippen LogP contribution in [0.2, 0.25) is 0 Å². The monoisotopic (exact) mass is 256 g/mol. The lowest BCUT2D eigenvalue weighted by atomic mass is 10.1. The van der Waals surface area contributed by atoms with Gasteiger partial charge < -0.3 is 5.11 Å². The van der Waals surface area contributed by atoms with Crippen molar-refractivity contribution in [3.8, 4) is 0 Å². The van der Waals surface area contributed by atoms with Gasteiger partial charge in [0.15, 0.2) is 0 Å². The number of pyridine rings is 1. The molecule has 0 bridgehead atoms. The Balaban J connectivity index is 2.14. The average Bonchev–Trinajstić information content (AvgIpc) is 2.84. The first-order chi connectivity index (χ1) is 8.75. The normalized spacial score (nSPS) is 12.8. The fourth-order valence-electron chi connectivity index (χ4n) is 1.98. The van der Waals surface area contributed by atoms with E-state index in [2.05, 4.69) is 9.97 Å². The van der Waals surface area contributed by atoms with Gasteiger partial charge in [0.1, 0.15) is 11.1 Å². The maximum Gasteiger partial charge on any atom is 0.133 e. The van der Waals surface area contributed by atoms with Crippen LogP contribution in [0.5, 0.6) is 0 Å². The summed E-state index contributed by atoms with van der Waals surface area (Å²) in [6.07, 6.45) is 1.04. The molecule has 0 saturated heterocycles. The Morgan fingerprint density at radius 1 is 1.22 bits per heavy atom. The second-order valence-corrected chi connectivity index (χ2v) is 5.04. The Kier molecular flexibility index (Phi) is 2.81. The van der Waals surface area contributed by atoms with Gasteiger partial charge in [-0.1, -0.05) is 24.3 Å². The largest absolute Gasteiger partial charge is 0.381 e. The second-order valence-electron chi connectivity index (χ2n) is 4.15. The van der Waals surface area contributed by atoms with Crippen molar-refractivity contribution in [1.82, 2.24) is 9.97 Å². The molecule has 18 heavy (non-hydrogen) atoms. The van der Waals surface area contributed by atoms with Crippen molar-refractivity contribution in [2.75, 3.05) is 0 Å². The van der Waals surface area contributed by atoms with Gasteiger partial charge in [0.05, 0.1) is 5.52 Å². The van der Waals surface area contributed by atoms with Crippen LogP contribution in [-0.2, 0) is 0 Å². The first-order valence-corrected chi connectivity index (χ1v) is 6.57. The van der Waals surface area contributed by atoms with E-state index in [1.165, 1.54) is 11.3 Å². The van der Waals surface area contributed by atoms with Gasteiger partial charge in [-0.05, 0) is 13.0 Å². The van der Waals surface area contributed by atoms with E-state index in [1.807, 2.05) is 42.6 Å². The van der Waals surface area contributed by atoms with Gasteiger partial charge in [0.2, 0.25) is 0 Å². The summed E-state index contributed by atoms with van der Waals surface area (Å²) >= 11 is 1.47. The number of rotatable bonds is 2. The summed E-state index contributed by atoms with van der Waals surface area (Å²) in [5.74, 6) is 0. The summed E-state index contributed by atoms with van der Waals surface area (Å²) in [4.78, 5) is 8.69. The molecule has 1 aromatic carbocycles. The highest BCUT2D eigenvalue weighted by Gasteiger charge is 2.16. The number of fused-ring (bicyclic) bond motifs is 1. The van der Waals surface area contributed by atoms with Crippen molar-refractivity contribution in [2.45, 2.75) is 13.0 Å². The van der Waals surface area contributed by atoms with Crippen molar-refractivity contribution in [2.24, 2.45) is 0 Å². The van der Waals surface area contributed by atoms with E-state index in [0.717, 1.165) is 22.2 Å². The summed E-state index contributed by atoms with van der Waals surface area (Å²) in [5, 5.41) is 14.1. The van der Waals surface area contributed by atoms with E-state index in [1.54, 1.807) is 6.20 Å². The predicted octanol–water partition coefficient (Wildman–Crippen LogP) is 3.08. The van der Waals surface area contributed by atoms with Gasteiger partial charge in [-0.15, -0.1) is 11.3 Å². The van der Waals surface area contributed by atoms with Crippen LogP contribution >= 0.6 is 11.3 Å². The summed E-state index contributed by atoms with van der Waals surface area (Å²) in [5.41, 5.74) is 2.57. The SMILES string of the molecule is Cc1csc(C(O)c2cccc3cccnc23)n1. The van der Waals surface area contributed by atoms with Crippen molar-refractivity contribution < 1.29 is 5.11 Å². The Morgan fingerprint density at radius 2 is 2.06 bits per heavy atom. The van der Waals surface area contributed by atoms with Crippen LogP contribution < -0.4 is 0 Å². The minimum Gasteiger partial charge on any atom is -0.381 e. The number of nitrogens with zero attached hydrogens (tertiary/aromatic N) is 2. The Bertz CT molecular complexity index is 688. The smallest absolute Gasteiger partial charge is 0.133 e. The van der Waals surface area contributed by atoms with Gasteiger partial charge in [-0.2, -0.15) is 0 Å². The number of aromatic nitrogens is 2. The topological polar surface area (TPSA) is 46.0 Å². The van der Waals surface area contributed by atoms with Gasteiger partial charge in [-0.25, -0.2) is 4.98 Å². The standard InChI is InChI=1S/C14H12N2OS/c1-9-8-18-14(16-9)13(17)11-6-2-4-10-5-3-7-15-12(10)11/h2-8,13,17H,1H3. The summed E-state index contributed by atoms with van der Waals surface area (Å²) in [6, 6.07) is 9.71. The molecule has 90 valence electrons. The molecule has 2 aromatic heterocycles. The summed E-state index contributed by atoms with van der Waals surface area (Å²) in [6.45, 7) is 1.92. The van der Waals surface area contributed by atoms with Crippen molar-refractivity contribution in [3.63, 3.8) is 0 Å². The molecule has 0 amide bonds. The Labute approximate surface area is 109 Å². The maximum absolute atomic E-state index is 10.4. The quantitative estimate of drug-likeness (QED) is 0.766. The van der Waals surface area contributed by atoms with Crippen LogP contribution in [-0.4, -0.2) is 15.1 Å². The van der Waals surface area contributed by atoms with Crippen LogP contribution in [0.15, 0.2) is 41.9 Å². The number of hydrogen-bond acceptors (Lipinski definition) is 4. The molecule has 0 fully saturated rings. The number of aryl methyl sites for hydroxylation is 1. The molecule has 0 saturated carbocycles. The number of thiazole rings is 1. The molecule has 4 heteroatoms. The molecule has 3 nitrogen and oxygen atoms in total. The first-order valence-electron chi connectivity index (χ1n) is 5.69. The van der Waals surface area contributed by atoms with Crippen molar-refractivity contribution in [3.05, 3.63) is 58.2 Å². The highest BCUT2D eigenvalue weighted by molar-refractivity contribution is 7.09. The molecule has 3 aromatic rings. The number of aliphatic hydroxyl groups excluding tert-OH is 1. The van der Waals surface area contributed by atoms with E-state index in [4.69, 9.17) is 0 Å². The van der Waals surface area contributed by atoms with Crippen LogP contribution in [0, 0.1) is 6.92 Å². The summed E-state index contributed by atoms with van der Waals surface area (Å²) < 4.78 is 0. The molecule has 0 spiro atoms. The van der Waals surface area contributed by atoms with Crippen molar-refractivity contribution in [1.29, 1.82) is 0 Å². The molecule has 2 heterocycles. The van der Waals surface area contributed by atoms with E-state index in [9.17, 15) is 5.11 Å². The maximum atomic E-state index is 10.4. The number of hydrogen-bond donors (Lipinski definition) is 1. The third kappa shape index (κ3) is 1.89. The Morgan fingerprint density at radius 3 is 2.83 bits per heavy atom. The van der Waals surface area contributed by atoms with Gasteiger partial charge in [0, 0.05) is 28.2 Å². The highest BCUT2D eigenvalue weighted by Crippen LogP contribution is 2.29. The fraction of sp³-hybridized carbons (Fsp3) is 0.143. The zero-order valence-corrected chi connectivity index (χ0v) is 10.7.